The number of rotatable bonds is 3. The minimum atomic E-state index is -0.341. The molecule has 3 aromatic rings. The molecule has 148 valence electrons. The molecule has 1 aliphatic rings. The topological polar surface area (TPSA) is 32.3 Å². The smallest absolute Gasteiger partial charge is 0.258 e. The Morgan fingerprint density at radius 2 is 1.72 bits per heavy atom. The molecule has 0 saturated heterocycles. The lowest BCUT2D eigenvalue weighted by Crippen LogP contribution is -2.44. The first kappa shape index (κ1) is 19.2. The van der Waals surface area contributed by atoms with E-state index in [4.69, 9.17) is 0 Å². The van der Waals surface area contributed by atoms with Gasteiger partial charge < -0.3 is 10.2 Å². The Morgan fingerprint density at radius 1 is 1.00 bits per heavy atom. The maximum absolute atomic E-state index is 13.3. The Hall–Kier alpha value is -3.14. The van der Waals surface area contributed by atoms with Crippen LogP contribution in [0.25, 0.3) is 0 Å². The monoisotopic (exact) mass is 388 g/mol. The van der Waals surface area contributed by atoms with Crippen molar-refractivity contribution in [3.05, 3.63) is 94.8 Å². The number of benzene rings is 3. The number of nitrogens with zero attached hydrogens (tertiary/aromatic N) is 1. The van der Waals surface area contributed by atoms with Gasteiger partial charge in [-0.2, -0.15) is 0 Å². The average molecular weight is 388 g/mol. The minimum absolute atomic E-state index is 0.00385. The van der Waals surface area contributed by atoms with Gasteiger partial charge in [0.15, 0.2) is 0 Å². The van der Waals surface area contributed by atoms with Crippen LogP contribution >= 0.6 is 0 Å². The first-order valence-electron chi connectivity index (χ1n) is 9.95. The Balaban J connectivity index is 1.72. The molecule has 1 heterocycles. The zero-order valence-corrected chi connectivity index (χ0v) is 16.9. The van der Waals surface area contributed by atoms with Crippen LogP contribution in [-0.2, 0) is 0 Å². The molecule has 0 radical (unpaired) electrons. The largest absolute Gasteiger partial charge is 0.378 e. The second-order valence-corrected chi connectivity index (χ2v) is 7.90. The minimum Gasteiger partial charge on any atom is -0.378 e. The molecule has 1 N–H and O–H groups in total. The second kappa shape index (κ2) is 7.70. The first-order valence-corrected chi connectivity index (χ1v) is 9.95. The fraction of sp³-hybridized carbons (Fsp3) is 0.240. The highest BCUT2D eigenvalue weighted by Crippen LogP contribution is 2.40. The third kappa shape index (κ3) is 3.88. The summed E-state index contributed by atoms with van der Waals surface area (Å²) in [6.45, 7) is 6.18. The van der Waals surface area contributed by atoms with E-state index in [9.17, 15) is 9.18 Å². The molecule has 1 amide bonds. The highest BCUT2D eigenvalue weighted by molar-refractivity contribution is 6.07. The predicted octanol–water partition coefficient (Wildman–Crippen LogP) is 6.03. The molecule has 0 aromatic heterocycles. The van der Waals surface area contributed by atoms with E-state index in [1.54, 1.807) is 12.1 Å². The summed E-state index contributed by atoms with van der Waals surface area (Å²) in [4.78, 5) is 15.1. The van der Waals surface area contributed by atoms with E-state index < -0.39 is 0 Å². The maximum atomic E-state index is 13.3. The van der Waals surface area contributed by atoms with Crippen molar-refractivity contribution in [2.75, 3.05) is 10.2 Å². The summed E-state index contributed by atoms with van der Waals surface area (Å²) in [7, 11) is 0. The summed E-state index contributed by atoms with van der Waals surface area (Å²) in [6.07, 6.45) is 0.789. The molecular formula is C25H25FN2O. The van der Waals surface area contributed by atoms with Crippen LogP contribution in [0.3, 0.4) is 0 Å². The van der Waals surface area contributed by atoms with E-state index in [2.05, 4.69) is 55.6 Å². The van der Waals surface area contributed by atoms with Gasteiger partial charge in [0, 0.05) is 23.0 Å². The van der Waals surface area contributed by atoms with Gasteiger partial charge in [-0.3, -0.25) is 4.79 Å². The lowest BCUT2D eigenvalue weighted by atomic mass is 9.90. The van der Waals surface area contributed by atoms with Crippen molar-refractivity contribution in [1.29, 1.82) is 0 Å². The maximum Gasteiger partial charge on any atom is 0.258 e. The number of aryl methyl sites for hydroxylation is 2. The molecule has 0 saturated carbocycles. The quantitative estimate of drug-likeness (QED) is 0.594. The van der Waals surface area contributed by atoms with E-state index in [1.165, 1.54) is 17.7 Å². The van der Waals surface area contributed by atoms with Crippen molar-refractivity contribution >= 4 is 17.3 Å². The van der Waals surface area contributed by atoms with E-state index in [-0.39, 0.29) is 23.8 Å². The highest BCUT2D eigenvalue weighted by Gasteiger charge is 2.34. The van der Waals surface area contributed by atoms with Gasteiger partial charge in [-0.25, -0.2) is 4.39 Å². The molecular weight excluding hydrogens is 363 g/mol. The van der Waals surface area contributed by atoms with E-state index in [0.29, 0.717) is 5.56 Å². The van der Waals surface area contributed by atoms with Crippen molar-refractivity contribution in [3.8, 4) is 0 Å². The summed E-state index contributed by atoms with van der Waals surface area (Å²) in [5, 5.41) is 3.65. The van der Waals surface area contributed by atoms with E-state index >= 15 is 0 Å². The van der Waals surface area contributed by atoms with Gasteiger partial charge in [0.1, 0.15) is 5.82 Å². The van der Waals surface area contributed by atoms with Crippen molar-refractivity contribution in [3.63, 3.8) is 0 Å². The SMILES string of the molecule is Cc1cccc(N[C@@H]2C[C@H](C)N(C(=O)c3ccc(F)cc3)c3cc(C)ccc32)c1. The van der Waals surface area contributed by atoms with Gasteiger partial charge in [0.05, 0.1) is 6.04 Å². The molecule has 0 fully saturated rings. The summed E-state index contributed by atoms with van der Waals surface area (Å²) >= 11 is 0. The normalized spacial score (nSPS) is 18.3. The number of anilines is 2. The van der Waals surface area contributed by atoms with Crippen LogP contribution in [0, 0.1) is 19.7 Å². The number of amides is 1. The number of carbonyl (C=O) groups is 1. The number of hydrogen-bond donors (Lipinski definition) is 1. The summed E-state index contributed by atoms with van der Waals surface area (Å²) < 4.78 is 13.3. The predicted molar refractivity (Wildman–Crippen MR) is 116 cm³/mol. The average Bonchev–Trinajstić information content (AvgIpc) is 2.68. The zero-order valence-electron chi connectivity index (χ0n) is 16.9. The third-order valence-corrected chi connectivity index (χ3v) is 5.51. The van der Waals surface area contributed by atoms with E-state index in [1.807, 2.05) is 17.9 Å². The number of carbonyl (C=O) groups excluding carboxylic acids is 1. The van der Waals surface area contributed by atoms with Gasteiger partial charge in [-0.1, -0.05) is 24.3 Å². The third-order valence-electron chi connectivity index (χ3n) is 5.51. The van der Waals surface area contributed by atoms with Crippen molar-refractivity contribution < 1.29 is 9.18 Å². The molecule has 29 heavy (non-hydrogen) atoms. The fourth-order valence-electron chi connectivity index (χ4n) is 4.08. The van der Waals surface area contributed by atoms with Crippen molar-refractivity contribution in [1.82, 2.24) is 0 Å². The summed E-state index contributed by atoms with van der Waals surface area (Å²) in [5.74, 6) is -0.440. The molecule has 3 nitrogen and oxygen atoms in total. The van der Waals surface area contributed by atoms with Crippen LogP contribution in [0.2, 0.25) is 0 Å². The molecule has 0 spiro atoms. The molecule has 0 aliphatic carbocycles. The summed E-state index contributed by atoms with van der Waals surface area (Å²) in [5.41, 5.74) is 5.90. The molecule has 2 atom stereocenters. The molecule has 4 heteroatoms. The Labute approximate surface area is 171 Å². The van der Waals surface area contributed by atoms with Gasteiger partial charge in [-0.15, -0.1) is 0 Å². The highest BCUT2D eigenvalue weighted by atomic mass is 19.1. The van der Waals surface area contributed by atoms with Crippen LogP contribution in [-0.4, -0.2) is 11.9 Å². The standard InChI is InChI=1S/C25H25FN2O/c1-16-5-4-6-21(13-16)27-23-15-18(3)28(24-14-17(2)7-12-22(23)24)25(29)19-8-10-20(26)11-9-19/h4-14,18,23,27H,15H2,1-3H3/t18-,23+/m0/s1. The van der Waals surface area contributed by atoms with Gasteiger partial charge in [0.2, 0.25) is 0 Å². The lowest BCUT2D eigenvalue weighted by molar-refractivity contribution is 0.0974. The van der Waals surface area contributed by atoms with Crippen molar-refractivity contribution in [2.45, 2.75) is 39.3 Å². The number of fused-ring (bicyclic) bond motifs is 1. The van der Waals surface area contributed by atoms with Crippen LogP contribution in [0.15, 0.2) is 66.7 Å². The summed E-state index contributed by atoms with van der Waals surface area (Å²) in [6, 6.07) is 20.5. The molecule has 0 unspecified atom stereocenters. The Bertz CT molecular complexity index is 1040. The second-order valence-electron chi connectivity index (χ2n) is 7.90. The Kier molecular flexibility index (Phi) is 5.10. The lowest BCUT2D eigenvalue weighted by Gasteiger charge is -2.40. The molecule has 1 aliphatic heterocycles. The van der Waals surface area contributed by atoms with Gasteiger partial charge in [-0.05, 0) is 86.3 Å². The number of hydrogen-bond acceptors (Lipinski definition) is 2. The van der Waals surface area contributed by atoms with Gasteiger partial charge >= 0.3 is 0 Å². The first-order chi connectivity index (χ1) is 13.9. The van der Waals surface area contributed by atoms with Crippen LogP contribution < -0.4 is 10.2 Å². The molecule has 0 bridgehead atoms. The van der Waals surface area contributed by atoms with Crippen LogP contribution in [0.1, 0.15) is 46.4 Å². The van der Waals surface area contributed by atoms with Crippen LogP contribution in [0.4, 0.5) is 15.8 Å². The van der Waals surface area contributed by atoms with Gasteiger partial charge in [0.25, 0.3) is 5.91 Å². The van der Waals surface area contributed by atoms with Crippen molar-refractivity contribution in [2.24, 2.45) is 0 Å². The zero-order chi connectivity index (χ0) is 20.5. The molecule has 4 rings (SSSR count). The molecule has 3 aromatic carbocycles. The van der Waals surface area contributed by atoms with E-state index in [0.717, 1.165) is 28.9 Å². The number of nitrogens with one attached hydrogen (secondary N) is 1. The van der Waals surface area contributed by atoms with Crippen LogP contribution in [0.5, 0.6) is 0 Å². The number of halogens is 1. The Morgan fingerprint density at radius 3 is 2.45 bits per heavy atom. The fourth-order valence-corrected chi connectivity index (χ4v) is 4.08.